The van der Waals surface area contributed by atoms with E-state index in [-0.39, 0.29) is 27.6 Å². The Labute approximate surface area is 203 Å². The van der Waals surface area contributed by atoms with Crippen LogP contribution in [0.3, 0.4) is 0 Å². The predicted molar refractivity (Wildman–Crippen MR) is 130 cm³/mol. The summed E-state index contributed by atoms with van der Waals surface area (Å²) in [7, 11) is -2.32. The van der Waals surface area contributed by atoms with E-state index in [4.69, 9.17) is 9.47 Å². The lowest BCUT2D eigenvalue weighted by atomic mass is 10.1. The van der Waals surface area contributed by atoms with Crippen LogP contribution in [-0.2, 0) is 14.8 Å². The highest BCUT2D eigenvalue weighted by atomic mass is 32.2. The van der Waals surface area contributed by atoms with Crippen LogP contribution >= 0.6 is 0 Å². The summed E-state index contributed by atoms with van der Waals surface area (Å²) in [5, 5.41) is 14.4. The Kier molecular flexibility index (Phi) is 7.53. The molecule has 12 heteroatoms. The molecule has 2 aliphatic heterocycles. The predicted octanol–water partition coefficient (Wildman–Crippen LogP) is 2.87. The largest absolute Gasteiger partial charge is 0.495 e. The lowest BCUT2D eigenvalue weighted by Gasteiger charge is -2.28. The zero-order chi connectivity index (χ0) is 25.0. The van der Waals surface area contributed by atoms with Gasteiger partial charge in [0, 0.05) is 37.8 Å². The third-order valence-corrected chi connectivity index (χ3v) is 8.05. The number of carbonyl (C=O) groups excluding carboxylic acids is 1. The van der Waals surface area contributed by atoms with Crippen LogP contribution in [0.2, 0.25) is 0 Å². The van der Waals surface area contributed by atoms with E-state index >= 15 is 0 Å². The third kappa shape index (κ3) is 5.39. The van der Waals surface area contributed by atoms with E-state index in [1.165, 1.54) is 41.7 Å². The first-order valence-corrected chi connectivity index (χ1v) is 12.9. The van der Waals surface area contributed by atoms with Crippen molar-refractivity contribution in [1.82, 2.24) is 4.31 Å². The minimum absolute atomic E-state index is 0.0455. The number of ether oxygens (including phenoxy) is 2. The fraction of sp³-hybridized carbons (Fsp3) is 0.435. The molecule has 11 nitrogen and oxygen atoms in total. The fourth-order valence-corrected chi connectivity index (χ4v) is 5.82. The molecule has 0 atom stereocenters. The van der Waals surface area contributed by atoms with Crippen LogP contribution in [0.4, 0.5) is 17.1 Å². The van der Waals surface area contributed by atoms with E-state index in [0.29, 0.717) is 45.1 Å². The number of methoxy groups -OCH3 is 1. The molecular formula is C23H28N4O7S. The van der Waals surface area contributed by atoms with Crippen LogP contribution in [0.25, 0.3) is 0 Å². The van der Waals surface area contributed by atoms with Gasteiger partial charge in [0.05, 0.1) is 35.8 Å². The first kappa shape index (κ1) is 24.9. The van der Waals surface area contributed by atoms with Gasteiger partial charge in [0.2, 0.25) is 10.0 Å². The molecule has 1 amide bonds. The highest BCUT2D eigenvalue weighted by Gasteiger charge is 2.28. The number of benzene rings is 2. The highest BCUT2D eigenvalue weighted by Crippen LogP contribution is 2.32. The van der Waals surface area contributed by atoms with Gasteiger partial charge < -0.3 is 19.7 Å². The van der Waals surface area contributed by atoms with Gasteiger partial charge in [-0.2, -0.15) is 4.31 Å². The van der Waals surface area contributed by atoms with Crippen molar-refractivity contribution in [2.24, 2.45) is 0 Å². The smallest absolute Gasteiger partial charge is 0.293 e. The van der Waals surface area contributed by atoms with E-state index in [1.54, 1.807) is 6.07 Å². The molecule has 2 saturated heterocycles. The van der Waals surface area contributed by atoms with Crippen molar-refractivity contribution >= 4 is 33.0 Å². The van der Waals surface area contributed by atoms with Gasteiger partial charge in [-0.05, 0) is 43.2 Å². The number of hydrogen-bond acceptors (Lipinski definition) is 8. The van der Waals surface area contributed by atoms with Crippen LogP contribution in [-0.4, -0.2) is 70.1 Å². The molecule has 0 spiro atoms. The van der Waals surface area contributed by atoms with Crippen molar-refractivity contribution in [3.05, 3.63) is 52.1 Å². The van der Waals surface area contributed by atoms with Crippen LogP contribution in [0.15, 0.2) is 41.3 Å². The van der Waals surface area contributed by atoms with Gasteiger partial charge in [-0.15, -0.1) is 0 Å². The number of hydrogen-bond donors (Lipinski definition) is 1. The second-order valence-electron chi connectivity index (χ2n) is 8.34. The summed E-state index contributed by atoms with van der Waals surface area (Å²) in [6.07, 6.45) is 2.60. The standard InChI is InChI=1S/C23H28N4O7S/c1-33-22-8-6-18(35(31,32)26-9-3-2-4-10-26)16-19(22)24-23(28)17-5-7-20(21(15-17)27(29)30)25-11-13-34-14-12-25/h5-8,15-16H,2-4,9-14H2,1H3,(H,24,28). The normalized spacial score (nSPS) is 17.1. The maximum Gasteiger partial charge on any atom is 0.293 e. The number of sulfonamides is 1. The van der Waals surface area contributed by atoms with Crippen LogP contribution in [0, 0.1) is 10.1 Å². The Hall–Kier alpha value is -3.22. The summed E-state index contributed by atoms with van der Waals surface area (Å²) >= 11 is 0. The minimum atomic E-state index is -3.72. The molecule has 2 aliphatic rings. The first-order valence-electron chi connectivity index (χ1n) is 11.4. The first-order chi connectivity index (χ1) is 16.8. The van der Waals surface area contributed by atoms with Crippen molar-refractivity contribution < 1.29 is 27.6 Å². The molecule has 0 unspecified atom stereocenters. The molecule has 2 aromatic carbocycles. The van der Waals surface area contributed by atoms with E-state index in [0.717, 1.165) is 19.3 Å². The summed E-state index contributed by atoms with van der Waals surface area (Å²) in [6.45, 7) is 2.87. The van der Waals surface area contributed by atoms with Gasteiger partial charge in [-0.1, -0.05) is 6.42 Å². The number of morpholine rings is 1. The topological polar surface area (TPSA) is 131 Å². The highest BCUT2D eigenvalue weighted by molar-refractivity contribution is 7.89. The Balaban J connectivity index is 1.61. The average Bonchev–Trinajstić information content (AvgIpc) is 2.89. The van der Waals surface area contributed by atoms with Crippen LogP contribution in [0.1, 0.15) is 29.6 Å². The minimum Gasteiger partial charge on any atom is -0.495 e. The second-order valence-corrected chi connectivity index (χ2v) is 10.3. The van der Waals surface area contributed by atoms with Gasteiger partial charge in [0.15, 0.2) is 0 Å². The number of amides is 1. The monoisotopic (exact) mass is 504 g/mol. The number of nitrogens with zero attached hydrogens (tertiary/aromatic N) is 3. The molecule has 0 radical (unpaired) electrons. The molecule has 4 rings (SSSR count). The quantitative estimate of drug-likeness (QED) is 0.450. The van der Waals surface area contributed by atoms with E-state index < -0.39 is 20.9 Å². The number of carbonyl (C=O) groups is 1. The number of rotatable bonds is 7. The number of nitro benzene ring substituents is 1. The van der Waals surface area contributed by atoms with Crippen molar-refractivity contribution in [2.75, 3.05) is 56.7 Å². The maximum atomic E-state index is 13.1. The van der Waals surface area contributed by atoms with Gasteiger partial charge in [0.25, 0.3) is 11.6 Å². The molecule has 0 aliphatic carbocycles. The molecule has 0 aromatic heterocycles. The summed E-state index contributed by atoms with van der Waals surface area (Å²) < 4.78 is 38.2. The van der Waals surface area contributed by atoms with Crippen molar-refractivity contribution in [1.29, 1.82) is 0 Å². The second kappa shape index (κ2) is 10.6. The average molecular weight is 505 g/mol. The van der Waals surface area contributed by atoms with E-state index in [9.17, 15) is 23.3 Å². The number of nitro groups is 1. The third-order valence-electron chi connectivity index (χ3n) is 6.16. The molecule has 2 fully saturated rings. The zero-order valence-corrected chi connectivity index (χ0v) is 20.3. The summed E-state index contributed by atoms with van der Waals surface area (Å²) in [5.74, 6) is -0.345. The molecule has 1 N–H and O–H groups in total. The lowest BCUT2D eigenvalue weighted by molar-refractivity contribution is -0.384. The van der Waals surface area contributed by atoms with Gasteiger partial charge in [-0.3, -0.25) is 14.9 Å². The SMILES string of the molecule is COc1ccc(S(=O)(=O)N2CCCCC2)cc1NC(=O)c1ccc(N2CCOCC2)c([N+](=O)[O-])c1. The Morgan fingerprint density at radius 1 is 1.06 bits per heavy atom. The maximum absolute atomic E-state index is 13.1. The van der Waals surface area contributed by atoms with Gasteiger partial charge >= 0.3 is 0 Å². The Bertz CT molecular complexity index is 1210. The number of piperidine rings is 1. The van der Waals surface area contributed by atoms with Crippen LogP contribution in [0.5, 0.6) is 5.75 Å². The number of nitrogens with one attached hydrogen (secondary N) is 1. The molecule has 0 saturated carbocycles. The van der Waals surface area contributed by atoms with Crippen LogP contribution < -0.4 is 15.0 Å². The lowest BCUT2D eigenvalue weighted by Crippen LogP contribution is -2.36. The summed E-state index contributed by atoms with van der Waals surface area (Å²) in [4.78, 5) is 26.1. The van der Waals surface area contributed by atoms with E-state index in [1.807, 2.05) is 4.90 Å². The van der Waals surface area contributed by atoms with Crippen molar-refractivity contribution in [3.8, 4) is 5.75 Å². The number of anilines is 2. The zero-order valence-electron chi connectivity index (χ0n) is 19.4. The summed E-state index contributed by atoms with van der Waals surface area (Å²) in [5.41, 5.74) is 0.463. The van der Waals surface area contributed by atoms with E-state index in [2.05, 4.69) is 5.32 Å². The Morgan fingerprint density at radius 2 is 1.77 bits per heavy atom. The molecule has 2 heterocycles. The molecule has 188 valence electrons. The van der Waals surface area contributed by atoms with Crippen molar-refractivity contribution in [3.63, 3.8) is 0 Å². The van der Waals surface area contributed by atoms with Gasteiger partial charge in [-0.25, -0.2) is 8.42 Å². The Morgan fingerprint density at radius 3 is 2.43 bits per heavy atom. The molecule has 0 bridgehead atoms. The van der Waals surface area contributed by atoms with Gasteiger partial charge in [0.1, 0.15) is 11.4 Å². The molecule has 35 heavy (non-hydrogen) atoms. The fourth-order valence-electron chi connectivity index (χ4n) is 4.28. The summed E-state index contributed by atoms with van der Waals surface area (Å²) in [6, 6.07) is 8.57. The molecule has 2 aromatic rings. The molecular weight excluding hydrogens is 476 g/mol. The van der Waals surface area contributed by atoms with Crippen molar-refractivity contribution in [2.45, 2.75) is 24.2 Å².